The smallest absolute Gasteiger partial charge is 0.267 e. The number of benzene rings is 2. The zero-order valence-corrected chi connectivity index (χ0v) is 16.8. The Balaban J connectivity index is 1.45. The highest BCUT2D eigenvalue weighted by atomic mass is 16.2. The van der Waals surface area contributed by atoms with E-state index >= 15 is 0 Å². The van der Waals surface area contributed by atoms with E-state index < -0.39 is 0 Å². The lowest BCUT2D eigenvalue weighted by atomic mass is 10.2. The molecule has 4 rings (SSSR count). The number of hydrogen-bond acceptors (Lipinski definition) is 3. The van der Waals surface area contributed by atoms with Crippen LogP contribution >= 0.6 is 0 Å². The fourth-order valence-electron chi connectivity index (χ4n) is 3.24. The quantitative estimate of drug-likeness (QED) is 0.406. The van der Waals surface area contributed by atoms with Gasteiger partial charge in [-0.2, -0.15) is 0 Å². The summed E-state index contributed by atoms with van der Waals surface area (Å²) in [4.78, 5) is 32.9. The van der Waals surface area contributed by atoms with E-state index in [0.717, 1.165) is 22.2 Å². The van der Waals surface area contributed by atoms with Crippen molar-refractivity contribution in [3.8, 4) is 0 Å². The Kier molecular flexibility index (Phi) is 6.18. The maximum absolute atomic E-state index is 12.9. The van der Waals surface area contributed by atoms with Crippen molar-refractivity contribution in [1.29, 1.82) is 0 Å². The maximum atomic E-state index is 12.9. The van der Waals surface area contributed by atoms with Crippen LogP contribution in [0, 0.1) is 0 Å². The molecule has 0 saturated carbocycles. The van der Waals surface area contributed by atoms with Gasteiger partial charge in [-0.25, -0.2) is 0 Å². The predicted molar refractivity (Wildman–Crippen MR) is 121 cm³/mol. The van der Waals surface area contributed by atoms with Crippen molar-refractivity contribution in [2.24, 2.45) is 0 Å². The first-order valence-corrected chi connectivity index (χ1v) is 10.0. The number of pyridine rings is 1. The van der Waals surface area contributed by atoms with Gasteiger partial charge in [0.2, 0.25) is 0 Å². The maximum Gasteiger partial charge on any atom is 0.267 e. The topological polar surface area (TPSA) is 86.9 Å². The van der Waals surface area contributed by atoms with Crippen LogP contribution in [0.1, 0.15) is 21.6 Å². The first kappa shape index (κ1) is 20.1. The molecule has 3 N–H and O–H groups in total. The average Bonchev–Trinajstić information content (AvgIpc) is 3.22. The Morgan fingerprint density at radius 2 is 1.77 bits per heavy atom. The number of carbonyl (C=O) groups excluding carboxylic acids is 2. The van der Waals surface area contributed by atoms with E-state index in [4.69, 9.17) is 0 Å². The molecule has 2 aromatic heterocycles. The lowest BCUT2D eigenvalue weighted by Crippen LogP contribution is -2.35. The van der Waals surface area contributed by atoms with Gasteiger partial charge in [-0.05, 0) is 47.4 Å². The number of rotatable bonds is 7. The normalized spacial score (nSPS) is 11.3. The van der Waals surface area contributed by atoms with Crippen LogP contribution in [0.4, 0.5) is 0 Å². The lowest BCUT2D eigenvalue weighted by Gasteiger charge is -2.11. The van der Waals surface area contributed by atoms with Gasteiger partial charge >= 0.3 is 0 Å². The van der Waals surface area contributed by atoms with Gasteiger partial charge in [0.1, 0.15) is 5.70 Å². The molecule has 0 bridgehead atoms. The summed E-state index contributed by atoms with van der Waals surface area (Å²) in [6.45, 7) is 0.428. The number of H-pyrrole nitrogens is 1. The van der Waals surface area contributed by atoms with Crippen LogP contribution < -0.4 is 10.6 Å². The van der Waals surface area contributed by atoms with E-state index in [1.54, 1.807) is 48.8 Å². The molecule has 154 valence electrons. The largest absolute Gasteiger partial charge is 0.358 e. The Bertz CT molecular complexity index is 1180. The molecule has 0 atom stereocenters. The second-order valence-electron chi connectivity index (χ2n) is 7.05. The van der Waals surface area contributed by atoms with Crippen LogP contribution in [0.25, 0.3) is 17.0 Å². The van der Waals surface area contributed by atoms with E-state index in [0.29, 0.717) is 18.5 Å². The average molecular weight is 410 g/mol. The minimum atomic E-state index is -0.357. The third-order valence-electron chi connectivity index (χ3n) is 4.79. The van der Waals surface area contributed by atoms with Crippen molar-refractivity contribution in [2.75, 3.05) is 6.54 Å². The van der Waals surface area contributed by atoms with Gasteiger partial charge in [0, 0.05) is 42.1 Å². The lowest BCUT2D eigenvalue weighted by molar-refractivity contribution is -0.117. The van der Waals surface area contributed by atoms with E-state index in [2.05, 4.69) is 26.7 Å². The minimum absolute atomic E-state index is 0.165. The third kappa shape index (κ3) is 5.25. The van der Waals surface area contributed by atoms with Gasteiger partial charge in [0.05, 0.1) is 0 Å². The molecular weight excluding hydrogens is 388 g/mol. The predicted octanol–water partition coefficient (Wildman–Crippen LogP) is 3.69. The summed E-state index contributed by atoms with van der Waals surface area (Å²) in [5.74, 6) is -0.703. The molecule has 4 aromatic rings. The second-order valence-corrected chi connectivity index (χ2v) is 7.05. The zero-order chi connectivity index (χ0) is 21.5. The van der Waals surface area contributed by atoms with Gasteiger partial charge in [0.25, 0.3) is 11.8 Å². The number of para-hydroxylation sites is 1. The third-order valence-corrected chi connectivity index (χ3v) is 4.79. The highest BCUT2D eigenvalue weighted by Crippen LogP contribution is 2.14. The summed E-state index contributed by atoms with van der Waals surface area (Å²) in [6, 6.07) is 22.5. The molecule has 6 nitrogen and oxygen atoms in total. The van der Waals surface area contributed by atoms with Gasteiger partial charge in [-0.15, -0.1) is 0 Å². The van der Waals surface area contributed by atoms with Gasteiger partial charge in [-0.3, -0.25) is 14.6 Å². The van der Waals surface area contributed by atoms with Crippen molar-refractivity contribution >= 4 is 28.8 Å². The molecule has 0 aliphatic heterocycles. The van der Waals surface area contributed by atoms with E-state index in [1.807, 2.05) is 36.4 Å². The zero-order valence-electron chi connectivity index (χ0n) is 16.8. The number of nitrogens with one attached hydrogen (secondary N) is 3. The molecule has 31 heavy (non-hydrogen) atoms. The summed E-state index contributed by atoms with van der Waals surface area (Å²) < 4.78 is 0. The van der Waals surface area contributed by atoms with Crippen molar-refractivity contribution in [1.82, 2.24) is 20.6 Å². The van der Waals surface area contributed by atoms with Crippen LogP contribution in [0.2, 0.25) is 0 Å². The number of carbonyl (C=O) groups is 2. The summed E-state index contributed by atoms with van der Waals surface area (Å²) >= 11 is 0. The van der Waals surface area contributed by atoms with Crippen LogP contribution in [0.5, 0.6) is 0 Å². The van der Waals surface area contributed by atoms with Crippen molar-refractivity contribution in [2.45, 2.75) is 6.42 Å². The first-order valence-electron chi connectivity index (χ1n) is 10.0. The Morgan fingerprint density at radius 1 is 0.968 bits per heavy atom. The SMILES string of the molecule is O=C(NCCc1cc2ccccc2[nH]1)/C(=C/c1cccnc1)NC(=O)c1ccccc1. The van der Waals surface area contributed by atoms with Crippen molar-refractivity contribution < 1.29 is 9.59 Å². The molecule has 0 spiro atoms. The summed E-state index contributed by atoms with van der Waals surface area (Å²) in [5, 5.41) is 6.75. The standard InChI is InChI=1S/C25H22N4O2/c30-24(19-8-2-1-3-9-19)29-23(15-18-7-6-13-26-17-18)25(31)27-14-12-21-16-20-10-4-5-11-22(20)28-21/h1-11,13,15-17,28H,12,14H2,(H,27,31)(H,29,30)/b23-15-. The Morgan fingerprint density at radius 3 is 2.55 bits per heavy atom. The van der Waals surface area contributed by atoms with Crippen LogP contribution in [0.15, 0.2) is 90.9 Å². The monoisotopic (exact) mass is 410 g/mol. The summed E-state index contributed by atoms with van der Waals surface area (Å²) in [6.07, 6.45) is 5.55. The fraction of sp³-hybridized carbons (Fsp3) is 0.0800. The van der Waals surface area contributed by atoms with E-state index in [9.17, 15) is 9.59 Å². The molecule has 2 amide bonds. The molecule has 6 heteroatoms. The van der Waals surface area contributed by atoms with Gasteiger partial charge in [0.15, 0.2) is 0 Å². The minimum Gasteiger partial charge on any atom is -0.358 e. The molecular formula is C25H22N4O2. The molecule has 0 radical (unpaired) electrons. The second kappa shape index (κ2) is 9.54. The van der Waals surface area contributed by atoms with E-state index in [-0.39, 0.29) is 17.5 Å². The van der Waals surface area contributed by atoms with Gasteiger partial charge < -0.3 is 15.6 Å². The van der Waals surface area contributed by atoms with Crippen molar-refractivity contribution in [3.05, 3.63) is 108 Å². The Labute approximate surface area is 180 Å². The fourth-order valence-corrected chi connectivity index (χ4v) is 3.24. The van der Waals surface area contributed by atoms with E-state index in [1.165, 1.54) is 0 Å². The molecule has 0 aliphatic carbocycles. The summed E-state index contributed by atoms with van der Waals surface area (Å²) in [7, 11) is 0. The molecule has 2 aromatic carbocycles. The number of amides is 2. The van der Waals surface area contributed by atoms with Crippen LogP contribution in [-0.4, -0.2) is 28.3 Å². The molecule has 0 saturated heterocycles. The number of nitrogens with zero attached hydrogens (tertiary/aromatic N) is 1. The van der Waals surface area contributed by atoms with Crippen LogP contribution in [0.3, 0.4) is 0 Å². The molecule has 0 aliphatic rings. The summed E-state index contributed by atoms with van der Waals surface area (Å²) in [5.41, 5.74) is 3.46. The number of aromatic amines is 1. The van der Waals surface area contributed by atoms with Crippen LogP contribution in [-0.2, 0) is 11.2 Å². The number of fused-ring (bicyclic) bond motifs is 1. The first-order chi connectivity index (χ1) is 15.2. The van der Waals surface area contributed by atoms with Gasteiger partial charge in [-0.1, -0.05) is 42.5 Å². The van der Waals surface area contributed by atoms with Crippen molar-refractivity contribution in [3.63, 3.8) is 0 Å². The highest BCUT2D eigenvalue weighted by molar-refractivity contribution is 6.05. The Hall–Kier alpha value is -4.19. The number of hydrogen-bond donors (Lipinski definition) is 3. The highest BCUT2D eigenvalue weighted by Gasteiger charge is 2.14. The molecule has 0 unspecified atom stereocenters. The number of aromatic nitrogens is 2. The molecule has 2 heterocycles. The molecule has 0 fully saturated rings.